The third kappa shape index (κ3) is 8.28. The minimum atomic E-state index is -1.49. The first-order chi connectivity index (χ1) is 19.1. The molecule has 2 rings (SSSR count). The van der Waals surface area contributed by atoms with Crippen molar-refractivity contribution >= 4 is 46.6 Å². The van der Waals surface area contributed by atoms with Gasteiger partial charge in [-0.2, -0.15) is 19.9 Å². The van der Waals surface area contributed by atoms with Crippen molar-refractivity contribution in [1.29, 1.82) is 0 Å². The van der Waals surface area contributed by atoms with Crippen molar-refractivity contribution in [2.24, 2.45) is 33.7 Å². The number of nitrogens with two attached hydrogens (primary N) is 2. The first-order valence-electron chi connectivity index (χ1n) is 13.8. The highest BCUT2D eigenvalue weighted by molar-refractivity contribution is 8.12. The first kappa shape index (κ1) is 34.2. The lowest BCUT2D eigenvalue weighted by Gasteiger charge is -2.45. The predicted octanol–water partition coefficient (Wildman–Crippen LogP) is 5.41. The van der Waals surface area contributed by atoms with E-state index in [-0.39, 0.29) is 25.0 Å². The molecule has 2 atom stereocenters. The topological polar surface area (TPSA) is 194 Å². The molecule has 0 aromatic carbocycles. The summed E-state index contributed by atoms with van der Waals surface area (Å²) >= 11 is 1.05. The summed E-state index contributed by atoms with van der Waals surface area (Å²) in [6.07, 6.45) is 6.55. The van der Waals surface area contributed by atoms with Crippen LogP contribution < -0.4 is 21.3 Å². The lowest BCUT2D eigenvalue weighted by molar-refractivity contribution is 0.0257. The Morgan fingerprint density at radius 2 is 1.05 bits per heavy atom. The number of imide groups is 2. The van der Waals surface area contributed by atoms with Gasteiger partial charge in [0, 0.05) is 35.7 Å². The van der Waals surface area contributed by atoms with Crippen LogP contribution in [0.25, 0.3) is 0 Å². The number of nitrogens with zero attached hydrogens (tertiary/aromatic N) is 4. The molecule has 0 bridgehead atoms. The molecule has 0 heterocycles. The van der Waals surface area contributed by atoms with E-state index in [1.807, 2.05) is 0 Å². The maximum atomic E-state index is 13.3. The number of hydrazine groups is 2. The zero-order valence-electron chi connectivity index (χ0n) is 23.8. The zero-order valence-corrected chi connectivity index (χ0v) is 25.5. The SMILES string of the molecule is CCOC(=O)N(C(=O)SNN)C(C)(/N=N/C(C)(C1CCCCC1)N(C(=O)OCC)C(=O)SNN)C1CCCCC1. The highest BCUT2D eigenvalue weighted by Crippen LogP contribution is 2.43. The summed E-state index contributed by atoms with van der Waals surface area (Å²) in [5.74, 6) is 10.3. The molecule has 40 heavy (non-hydrogen) atoms. The minimum absolute atomic E-state index is 0.0372. The molecule has 0 saturated heterocycles. The van der Waals surface area contributed by atoms with Gasteiger partial charge in [0.15, 0.2) is 11.3 Å². The van der Waals surface area contributed by atoms with Crippen molar-refractivity contribution in [2.75, 3.05) is 13.2 Å². The first-order valence-corrected chi connectivity index (χ1v) is 15.4. The number of amides is 4. The van der Waals surface area contributed by atoms with E-state index in [1.54, 1.807) is 27.7 Å². The highest BCUT2D eigenvalue weighted by atomic mass is 32.2. The molecule has 2 aliphatic carbocycles. The molecular formula is C24H44N8O6S2. The average molecular weight is 605 g/mol. The monoisotopic (exact) mass is 604 g/mol. The van der Waals surface area contributed by atoms with Gasteiger partial charge >= 0.3 is 22.7 Å². The average Bonchev–Trinajstić information content (AvgIpc) is 2.94. The van der Waals surface area contributed by atoms with Crippen LogP contribution >= 0.6 is 23.9 Å². The largest absolute Gasteiger partial charge is 0.449 e. The van der Waals surface area contributed by atoms with Crippen molar-refractivity contribution in [2.45, 2.75) is 103 Å². The van der Waals surface area contributed by atoms with E-state index in [4.69, 9.17) is 31.4 Å². The number of carbonyl (C=O) groups excluding carboxylic acids is 4. The number of hydrogen-bond acceptors (Lipinski definition) is 14. The Morgan fingerprint density at radius 1 is 0.725 bits per heavy atom. The second kappa shape index (κ2) is 16.5. The quantitative estimate of drug-likeness (QED) is 0.107. The van der Waals surface area contributed by atoms with Gasteiger partial charge in [0.1, 0.15) is 0 Å². The Kier molecular flexibility index (Phi) is 14.1. The summed E-state index contributed by atoms with van der Waals surface area (Å²) in [6, 6.07) is 0. The van der Waals surface area contributed by atoms with Gasteiger partial charge in [-0.15, -0.1) is 0 Å². The van der Waals surface area contributed by atoms with E-state index in [1.165, 1.54) is 0 Å². The summed E-state index contributed by atoms with van der Waals surface area (Å²) in [6.45, 7) is 6.67. The number of rotatable bonds is 10. The lowest BCUT2D eigenvalue weighted by Crippen LogP contribution is -2.58. The summed E-state index contributed by atoms with van der Waals surface area (Å²) in [7, 11) is 0. The molecule has 0 spiro atoms. The fourth-order valence-electron chi connectivity index (χ4n) is 5.58. The smallest absolute Gasteiger partial charge is 0.419 e. The van der Waals surface area contributed by atoms with Gasteiger partial charge in [0.25, 0.3) is 0 Å². The standard InChI is InChI=1S/C24H44N8O6S2/c1-5-37-19(33)31(21(35)39-29-25)23(3,17-13-9-7-10-14-17)27-28-24(4,18-15-11-8-12-16-18)32(20(34)38-6-2)22(36)40-30-26/h17-18,29-30H,5-16,25-26H2,1-4H3/b28-27+. The zero-order chi connectivity index (χ0) is 29.8. The molecule has 2 aliphatic rings. The van der Waals surface area contributed by atoms with Crippen LogP contribution in [0.3, 0.4) is 0 Å². The number of nitrogens with one attached hydrogen (secondary N) is 2. The Bertz CT molecular complexity index is 797. The van der Waals surface area contributed by atoms with Crippen molar-refractivity contribution in [3.05, 3.63) is 0 Å². The predicted molar refractivity (Wildman–Crippen MR) is 153 cm³/mol. The van der Waals surface area contributed by atoms with E-state index in [0.717, 1.165) is 48.3 Å². The second-order valence-corrected chi connectivity index (χ2v) is 11.7. The van der Waals surface area contributed by atoms with Crippen LogP contribution in [0.15, 0.2) is 10.2 Å². The summed E-state index contributed by atoms with van der Waals surface area (Å²) in [5, 5.41) is 8.02. The van der Waals surface area contributed by atoms with Crippen LogP contribution in [0.4, 0.5) is 19.2 Å². The van der Waals surface area contributed by atoms with Gasteiger partial charge in [0.05, 0.1) is 13.2 Å². The normalized spacial score (nSPS) is 19.9. The van der Waals surface area contributed by atoms with Crippen molar-refractivity contribution < 1.29 is 28.7 Å². The van der Waals surface area contributed by atoms with E-state index < -0.39 is 34.0 Å². The van der Waals surface area contributed by atoms with Gasteiger partial charge in [-0.25, -0.2) is 19.4 Å². The molecule has 4 amide bonds. The molecule has 0 aromatic rings. The molecule has 0 radical (unpaired) electrons. The van der Waals surface area contributed by atoms with E-state index in [2.05, 4.69) is 9.66 Å². The Labute approximate surface area is 244 Å². The van der Waals surface area contributed by atoms with Crippen LogP contribution in [0.5, 0.6) is 0 Å². The van der Waals surface area contributed by atoms with E-state index in [0.29, 0.717) is 49.6 Å². The van der Waals surface area contributed by atoms with Gasteiger partial charge in [-0.05, 0) is 53.4 Å². The lowest BCUT2D eigenvalue weighted by atomic mass is 9.79. The molecule has 16 heteroatoms. The van der Waals surface area contributed by atoms with Crippen LogP contribution in [0.2, 0.25) is 0 Å². The van der Waals surface area contributed by atoms with Crippen LogP contribution in [-0.4, -0.2) is 57.0 Å². The summed E-state index contributed by atoms with van der Waals surface area (Å²) < 4.78 is 10.5. The Balaban J connectivity index is 2.74. The fourth-order valence-corrected chi connectivity index (χ4v) is 6.48. The molecule has 0 aromatic heterocycles. The molecule has 6 N–H and O–H groups in total. The molecule has 0 aliphatic heterocycles. The van der Waals surface area contributed by atoms with Gasteiger partial charge in [0.2, 0.25) is 0 Å². The number of hydrogen-bond donors (Lipinski definition) is 4. The fraction of sp³-hybridized carbons (Fsp3) is 0.833. The summed E-state index contributed by atoms with van der Waals surface area (Å²) in [5.41, 5.74) is -2.99. The van der Waals surface area contributed by atoms with E-state index in [9.17, 15) is 19.2 Å². The minimum Gasteiger partial charge on any atom is -0.449 e. The third-order valence-electron chi connectivity index (χ3n) is 7.68. The third-order valence-corrected chi connectivity index (χ3v) is 8.63. The van der Waals surface area contributed by atoms with Crippen LogP contribution in [0.1, 0.15) is 91.9 Å². The van der Waals surface area contributed by atoms with Crippen molar-refractivity contribution in [3.63, 3.8) is 0 Å². The van der Waals surface area contributed by atoms with Gasteiger partial charge in [-0.1, -0.05) is 38.5 Å². The second-order valence-electron chi connectivity index (χ2n) is 10.1. The van der Waals surface area contributed by atoms with Gasteiger partial charge < -0.3 is 9.47 Å². The maximum absolute atomic E-state index is 13.3. The maximum Gasteiger partial charge on any atom is 0.419 e. The molecular weight excluding hydrogens is 560 g/mol. The summed E-state index contributed by atoms with van der Waals surface area (Å²) in [4.78, 5) is 59.4. The van der Waals surface area contributed by atoms with E-state index >= 15 is 0 Å². The van der Waals surface area contributed by atoms with Crippen LogP contribution in [0, 0.1) is 11.8 Å². The molecule has 2 saturated carbocycles. The molecule has 2 fully saturated rings. The number of carbonyl (C=O) groups is 4. The number of azo groups is 1. The molecule has 2 unspecified atom stereocenters. The number of ether oxygens (including phenoxy) is 2. The Morgan fingerprint density at radius 3 is 1.32 bits per heavy atom. The highest BCUT2D eigenvalue weighted by Gasteiger charge is 2.51. The Hall–Kier alpha value is -1.98. The van der Waals surface area contributed by atoms with Crippen LogP contribution in [-0.2, 0) is 9.47 Å². The van der Waals surface area contributed by atoms with Gasteiger partial charge in [-0.3, -0.25) is 21.3 Å². The molecule has 14 nitrogen and oxygen atoms in total. The van der Waals surface area contributed by atoms with Crippen molar-refractivity contribution in [1.82, 2.24) is 19.5 Å². The molecule has 228 valence electrons. The van der Waals surface area contributed by atoms with Crippen molar-refractivity contribution in [3.8, 4) is 0 Å².